The average molecular weight is 219 g/mol. The van der Waals surface area contributed by atoms with Crippen molar-refractivity contribution >= 4 is 0 Å². The van der Waals surface area contributed by atoms with E-state index in [0.717, 1.165) is 19.0 Å². The Bertz CT molecular complexity index is 361. The summed E-state index contributed by atoms with van der Waals surface area (Å²) in [5.74, 6) is 0.684. The Morgan fingerprint density at radius 1 is 1.06 bits per heavy atom. The molecule has 1 aromatic rings. The molecular formula is C14H18FN. The predicted octanol–water partition coefficient (Wildman–Crippen LogP) is 2.86. The standard InChI is InChI=1S/C14H18FN/c15-13-3-1-11(2-4-13)14(7-8-14)12-5-9-16-10-6-12/h1-4,12,16H,5-10H2. The minimum atomic E-state index is -0.120. The lowest BCUT2D eigenvalue weighted by Gasteiger charge is -2.31. The van der Waals surface area contributed by atoms with E-state index in [2.05, 4.69) is 5.32 Å². The molecule has 1 heterocycles. The third-order valence-electron chi connectivity index (χ3n) is 4.33. The van der Waals surface area contributed by atoms with Crippen molar-refractivity contribution < 1.29 is 4.39 Å². The Kier molecular flexibility index (Phi) is 2.47. The van der Waals surface area contributed by atoms with Crippen molar-refractivity contribution in [2.45, 2.75) is 31.1 Å². The zero-order valence-corrected chi connectivity index (χ0v) is 9.51. The van der Waals surface area contributed by atoms with Crippen molar-refractivity contribution in [3.8, 4) is 0 Å². The van der Waals surface area contributed by atoms with Gasteiger partial charge in [0.15, 0.2) is 0 Å². The maximum atomic E-state index is 12.9. The minimum absolute atomic E-state index is 0.120. The molecule has 1 aromatic carbocycles. The van der Waals surface area contributed by atoms with Gasteiger partial charge in [0.1, 0.15) is 5.82 Å². The van der Waals surface area contributed by atoms with E-state index in [1.807, 2.05) is 12.1 Å². The minimum Gasteiger partial charge on any atom is -0.317 e. The first-order valence-corrected chi connectivity index (χ1v) is 6.28. The lowest BCUT2D eigenvalue weighted by molar-refractivity contribution is 0.302. The van der Waals surface area contributed by atoms with E-state index in [0.29, 0.717) is 5.41 Å². The van der Waals surface area contributed by atoms with Gasteiger partial charge in [-0.1, -0.05) is 12.1 Å². The maximum absolute atomic E-state index is 12.9. The number of piperidine rings is 1. The molecule has 0 spiro atoms. The molecule has 2 heteroatoms. The largest absolute Gasteiger partial charge is 0.317 e. The molecule has 0 radical (unpaired) electrons. The van der Waals surface area contributed by atoms with Gasteiger partial charge in [0.25, 0.3) is 0 Å². The van der Waals surface area contributed by atoms with Crippen molar-refractivity contribution in [3.05, 3.63) is 35.6 Å². The number of hydrogen-bond acceptors (Lipinski definition) is 1. The van der Waals surface area contributed by atoms with Crippen LogP contribution in [0.2, 0.25) is 0 Å². The second-order valence-electron chi connectivity index (χ2n) is 5.19. The smallest absolute Gasteiger partial charge is 0.123 e. The number of halogens is 1. The summed E-state index contributed by atoms with van der Waals surface area (Å²) in [6.45, 7) is 2.29. The number of benzene rings is 1. The van der Waals surface area contributed by atoms with E-state index in [9.17, 15) is 4.39 Å². The summed E-state index contributed by atoms with van der Waals surface area (Å²) in [5.41, 5.74) is 1.76. The molecule has 3 rings (SSSR count). The molecule has 1 aliphatic carbocycles. The Balaban J connectivity index is 1.84. The highest BCUT2D eigenvalue weighted by Gasteiger charge is 2.50. The van der Waals surface area contributed by atoms with Crippen molar-refractivity contribution in [2.75, 3.05) is 13.1 Å². The van der Waals surface area contributed by atoms with E-state index in [4.69, 9.17) is 0 Å². The molecule has 0 unspecified atom stereocenters. The molecule has 0 aromatic heterocycles. The average Bonchev–Trinajstić information content (AvgIpc) is 3.13. The Morgan fingerprint density at radius 2 is 1.69 bits per heavy atom. The Labute approximate surface area is 96.1 Å². The van der Waals surface area contributed by atoms with Gasteiger partial charge < -0.3 is 5.32 Å². The third-order valence-corrected chi connectivity index (χ3v) is 4.33. The second-order valence-corrected chi connectivity index (χ2v) is 5.19. The third kappa shape index (κ3) is 1.65. The Morgan fingerprint density at radius 3 is 2.25 bits per heavy atom. The fourth-order valence-electron chi connectivity index (χ4n) is 3.22. The van der Waals surface area contributed by atoms with Crippen molar-refractivity contribution in [3.63, 3.8) is 0 Å². The molecule has 0 atom stereocenters. The molecular weight excluding hydrogens is 201 g/mol. The monoisotopic (exact) mass is 219 g/mol. The lowest BCUT2D eigenvalue weighted by atomic mass is 9.77. The number of nitrogens with one attached hydrogen (secondary N) is 1. The van der Waals surface area contributed by atoms with Gasteiger partial charge in [-0.05, 0) is 67.8 Å². The molecule has 1 aliphatic heterocycles. The first-order valence-electron chi connectivity index (χ1n) is 6.28. The van der Waals surface area contributed by atoms with Crippen LogP contribution in [0.1, 0.15) is 31.2 Å². The highest BCUT2D eigenvalue weighted by molar-refractivity contribution is 5.33. The van der Waals surface area contributed by atoms with E-state index in [1.165, 1.54) is 31.2 Å². The van der Waals surface area contributed by atoms with E-state index in [1.54, 1.807) is 12.1 Å². The van der Waals surface area contributed by atoms with Crippen LogP contribution in [0.3, 0.4) is 0 Å². The molecule has 1 saturated carbocycles. The highest BCUT2D eigenvalue weighted by Crippen LogP contribution is 2.56. The van der Waals surface area contributed by atoms with Crippen LogP contribution in [0.4, 0.5) is 4.39 Å². The molecule has 1 N–H and O–H groups in total. The predicted molar refractivity (Wildman–Crippen MR) is 62.9 cm³/mol. The summed E-state index contributed by atoms with van der Waals surface area (Å²) in [7, 11) is 0. The first kappa shape index (κ1) is 10.3. The summed E-state index contributed by atoms with van der Waals surface area (Å²) < 4.78 is 12.9. The zero-order valence-electron chi connectivity index (χ0n) is 9.51. The summed E-state index contributed by atoms with van der Waals surface area (Å²) in [5, 5.41) is 3.42. The molecule has 86 valence electrons. The van der Waals surface area contributed by atoms with Gasteiger partial charge in [0.05, 0.1) is 0 Å². The van der Waals surface area contributed by atoms with Crippen LogP contribution >= 0.6 is 0 Å². The molecule has 1 saturated heterocycles. The van der Waals surface area contributed by atoms with Gasteiger partial charge in [-0.15, -0.1) is 0 Å². The van der Waals surface area contributed by atoms with Gasteiger partial charge in [-0.2, -0.15) is 0 Å². The van der Waals surface area contributed by atoms with Crippen LogP contribution in [0, 0.1) is 11.7 Å². The fourth-order valence-corrected chi connectivity index (χ4v) is 3.22. The van der Waals surface area contributed by atoms with E-state index >= 15 is 0 Å². The normalized spacial score (nSPS) is 24.3. The SMILES string of the molecule is Fc1ccc(C2(C3CCNCC3)CC2)cc1. The highest BCUT2D eigenvalue weighted by atomic mass is 19.1. The van der Waals surface area contributed by atoms with Crippen LogP contribution in [-0.2, 0) is 5.41 Å². The van der Waals surface area contributed by atoms with Gasteiger partial charge in [0, 0.05) is 0 Å². The summed E-state index contributed by atoms with van der Waals surface area (Å²) in [6.07, 6.45) is 5.14. The zero-order chi connectivity index (χ0) is 11.0. The maximum Gasteiger partial charge on any atom is 0.123 e. The number of rotatable bonds is 2. The van der Waals surface area contributed by atoms with Gasteiger partial charge in [-0.25, -0.2) is 4.39 Å². The van der Waals surface area contributed by atoms with E-state index < -0.39 is 0 Å². The molecule has 16 heavy (non-hydrogen) atoms. The van der Waals surface area contributed by atoms with Crippen LogP contribution < -0.4 is 5.32 Å². The molecule has 0 amide bonds. The van der Waals surface area contributed by atoms with Crippen molar-refractivity contribution in [1.29, 1.82) is 0 Å². The van der Waals surface area contributed by atoms with Gasteiger partial charge >= 0.3 is 0 Å². The molecule has 0 bridgehead atoms. The van der Waals surface area contributed by atoms with Crippen LogP contribution in [0.25, 0.3) is 0 Å². The van der Waals surface area contributed by atoms with Crippen LogP contribution in [-0.4, -0.2) is 13.1 Å². The topological polar surface area (TPSA) is 12.0 Å². The van der Waals surface area contributed by atoms with Crippen LogP contribution in [0.15, 0.2) is 24.3 Å². The quantitative estimate of drug-likeness (QED) is 0.806. The summed E-state index contributed by atoms with van der Waals surface area (Å²) in [6, 6.07) is 7.20. The van der Waals surface area contributed by atoms with Gasteiger partial charge in [-0.3, -0.25) is 0 Å². The fraction of sp³-hybridized carbons (Fsp3) is 0.571. The van der Waals surface area contributed by atoms with Gasteiger partial charge in [0.2, 0.25) is 0 Å². The second kappa shape index (κ2) is 3.85. The summed E-state index contributed by atoms with van der Waals surface area (Å²) in [4.78, 5) is 0. The molecule has 2 aliphatic rings. The van der Waals surface area contributed by atoms with Crippen molar-refractivity contribution in [2.24, 2.45) is 5.92 Å². The van der Waals surface area contributed by atoms with Crippen molar-refractivity contribution in [1.82, 2.24) is 5.32 Å². The molecule has 2 fully saturated rings. The van der Waals surface area contributed by atoms with E-state index in [-0.39, 0.29) is 5.82 Å². The first-order chi connectivity index (χ1) is 7.81. The molecule has 1 nitrogen and oxygen atoms in total. The lowest BCUT2D eigenvalue weighted by Crippen LogP contribution is -2.34. The number of hydrogen-bond donors (Lipinski definition) is 1. The Hall–Kier alpha value is -0.890. The summed E-state index contributed by atoms with van der Waals surface area (Å²) >= 11 is 0. The van der Waals surface area contributed by atoms with Crippen LogP contribution in [0.5, 0.6) is 0 Å².